The first-order valence-electron chi connectivity index (χ1n) is 4.65. The summed E-state index contributed by atoms with van der Waals surface area (Å²) in [5.41, 5.74) is 0. The summed E-state index contributed by atoms with van der Waals surface area (Å²) in [5.74, 6) is 7.26. The third kappa shape index (κ3) is 4.04. The predicted octanol–water partition coefficient (Wildman–Crippen LogP) is 1.89. The van der Waals surface area contributed by atoms with Gasteiger partial charge in [-0.25, -0.2) is 0 Å². The Labute approximate surface area is 79.7 Å². The standard InChI is InChI=1S/C10H17NS/c1-2-3-7-11-9-10-6-4-5-8-12-10/h10-11H,4-9H2,1H3. The highest BCUT2D eigenvalue weighted by Gasteiger charge is 2.12. The van der Waals surface area contributed by atoms with Crippen LogP contribution in [0.25, 0.3) is 0 Å². The molecular weight excluding hydrogens is 166 g/mol. The van der Waals surface area contributed by atoms with E-state index >= 15 is 0 Å². The number of nitrogens with one attached hydrogen (secondary N) is 1. The van der Waals surface area contributed by atoms with Gasteiger partial charge >= 0.3 is 0 Å². The van der Waals surface area contributed by atoms with Gasteiger partial charge in [-0.2, -0.15) is 11.8 Å². The summed E-state index contributed by atoms with van der Waals surface area (Å²) < 4.78 is 0. The fourth-order valence-electron chi connectivity index (χ4n) is 1.35. The van der Waals surface area contributed by atoms with Crippen molar-refractivity contribution >= 4 is 11.8 Å². The lowest BCUT2D eigenvalue weighted by molar-refractivity contribution is 0.621. The van der Waals surface area contributed by atoms with Gasteiger partial charge in [-0.3, -0.25) is 0 Å². The predicted molar refractivity (Wildman–Crippen MR) is 56.4 cm³/mol. The molecule has 12 heavy (non-hydrogen) atoms. The van der Waals surface area contributed by atoms with Crippen molar-refractivity contribution < 1.29 is 0 Å². The molecule has 0 aromatic rings. The molecule has 0 saturated carbocycles. The molecule has 1 N–H and O–H groups in total. The molecule has 1 aliphatic rings. The van der Waals surface area contributed by atoms with Gasteiger partial charge in [0, 0.05) is 11.8 Å². The van der Waals surface area contributed by atoms with E-state index in [1.54, 1.807) is 0 Å². The van der Waals surface area contributed by atoms with E-state index in [-0.39, 0.29) is 0 Å². The van der Waals surface area contributed by atoms with Gasteiger partial charge in [-0.05, 0) is 25.5 Å². The summed E-state index contributed by atoms with van der Waals surface area (Å²) in [6.45, 7) is 3.88. The van der Waals surface area contributed by atoms with Crippen LogP contribution in [0.4, 0.5) is 0 Å². The molecule has 1 rings (SSSR count). The molecule has 0 amide bonds. The first-order chi connectivity index (χ1) is 5.93. The van der Waals surface area contributed by atoms with Gasteiger partial charge in [-0.1, -0.05) is 12.3 Å². The minimum atomic E-state index is 0.845. The Morgan fingerprint density at radius 1 is 1.50 bits per heavy atom. The van der Waals surface area contributed by atoms with Crippen LogP contribution < -0.4 is 5.32 Å². The smallest absolute Gasteiger partial charge is 0.0576 e. The van der Waals surface area contributed by atoms with Crippen LogP contribution in [0.2, 0.25) is 0 Å². The highest BCUT2D eigenvalue weighted by Crippen LogP contribution is 2.23. The zero-order valence-electron chi connectivity index (χ0n) is 7.73. The molecule has 0 radical (unpaired) electrons. The highest BCUT2D eigenvalue weighted by molar-refractivity contribution is 7.99. The summed E-state index contributed by atoms with van der Waals surface area (Å²) in [6, 6.07) is 0. The van der Waals surface area contributed by atoms with Crippen LogP contribution in [-0.4, -0.2) is 24.1 Å². The zero-order valence-corrected chi connectivity index (χ0v) is 8.54. The molecule has 0 spiro atoms. The molecule has 0 bridgehead atoms. The fraction of sp³-hybridized carbons (Fsp3) is 0.800. The number of hydrogen-bond acceptors (Lipinski definition) is 2. The lowest BCUT2D eigenvalue weighted by atomic mass is 10.2. The SMILES string of the molecule is CC#CCNCC1CCCCS1. The molecule has 1 unspecified atom stereocenters. The molecule has 0 aromatic heterocycles. The Morgan fingerprint density at radius 3 is 3.08 bits per heavy atom. The van der Waals surface area contributed by atoms with Gasteiger partial charge in [0.05, 0.1) is 6.54 Å². The maximum atomic E-state index is 3.36. The molecule has 1 saturated heterocycles. The molecular formula is C10H17NS. The molecule has 1 aliphatic heterocycles. The van der Waals surface area contributed by atoms with Gasteiger partial charge in [0.1, 0.15) is 0 Å². The normalized spacial score (nSPS) is 22.9. The molecule has 1 heterocycles. The molecule has 2 heteroatoms. The van der Waals surface area contributed by atoms with Crippen molar-refractivity contribution in [2.24, 2.45) is 0 Å². The Kier molecular flexibility index (Phi) is 5.30. The van der Waals surface area contributed by atoms with Gasteiger partial charge < -0.3 is 5.32 Å². The van der Waals surface area contributed by atoms with Gasteiger partial charge in [0.25, 0.3) is 0 Å². The largest absolute Gasteiger partial charge is 0.305 e. The third-order valence-corrected chi connectivity index (χ3v) is 3.43. The van der Waals surface area contributed by atoms with E-state index in [9.17, 15) is 0 Å². The van der Waals surface area contributed by atoms with Crippen molar-refractivity contribution in [2.45, 2.75) is 31.4 Å². The summed E-state index contributed by atoms with van der Waals surface area (Å²) in [7, 11) is 0. The summed E-state index contributed by atoms with van der Waals surface area (Å²) in [4.78, 5) is 0. The van der Waals surface area contributed by atoms with Crippen LogP contribution in [0, 0.1) is 11.8 Å². The average molecular weight is 183 g/mol. The van der Waals surface area contributed by atoms with Gasteiger partial charge in [-0.15, -0.1) is 5.92 Å². The van der Waals surface area contributed by atoms with E-state index in [2.05, 4.69) is 28.9 Å². The Balaban J connectivity index is 2.00. The monoisotopic (exact) mass is 183 g/mol. The molecule has 1 nitrogen and oxygen atoms in total. The van der Waals surface area contributed by atoms with E-state index in [1.807, 2.05) is 6.92 Å². The lowest BCUT2D eigenvalue weighted by Crippen LogP contribution is -2.26. The quantitative estimate of drug-likeness (QED) is 0.529. The van der Waals surface area contributed by atoms with Crippen LogP contribution in [0.3, 0.4) is 0 Å². The maximum absolute atomic E-state index is 3.36. The maximum Gasteiger partial charge on any atom is 0.0576 e. The molecule has 1 atom stereocenters. The molecule has 0 aliphatic carbocycles. The van der Waals surface area contributed by atoms with Crippen molar-refractivity contribution in [2.75, 3.05) is 18.8 Å². The number of thioether (sulfide) groups is 1. The second kappa shape index (κ2) is 6.39. The molecule has 0 aromatic carbocycles. The van der Waals surface area contributed by atoms with Crippen LogP contribution in [0.5, 0.6) is 0 Å². The second-order valence-electron chi connectivity index (χ2n) is 3.05. The first-order valence-corrected chi connectivity index (χ1v) is 5.70. The van der Waals surface area contributed by atoms with E-state index in [4.69, 9.17) is 0 Å². The lowest BCUT2D eigenvalue weighted by Gasteiger charge is -2.20. The van der Waals surface area contributed by atoms with Crippen LogP contribution >= 0.6 is 11.8 Å². The van der Waals surface area contributed by atoms with Gasteiger partial charge in [0.15, 0.2) is 0 Å². The first kappa shape index (κ1) is 9.95. The summed E-state index contributed by atoms with van der Waals surface area (Å²) in [5, 5.41) is 4.21. The Bertz CT molecular complexity index is 162. The Hall–Kier alpha value is -0.130. The van der Waals surface area contributed by atoms with E-state index in [0.717, 1.165) is 18.3 Å². The summed E-state index contributed by atoms with van der Waals surface area (Å²) >= 11 is 2.11. The topological polar surface area (TPSA) is 12.0 Å². The van der Waals surface area contributed by atoms with Crippen LogP contribution in [-0.2, 0) is 0 Å². The van der Waals surface area contributed by atoms with Crippen LogP contribution in [0.1, 0.15) is 26.2 Å². The van der Waals surface area contributed by atoms with E-state index in [1.165, 1.54) is 25.0 Å². The zero-order chi connectivity index (χ0) is 8.65. The average Bonchev–Trinajstić information content (AvgIpc) is 2.14. The number of hydrogen-bond donors (Lipinski definition) is 1. The second-order valence-corrected chi connectivity index (χ2v) is 4.45. The van der Waals surface area contributed by atoms with Crippen molar-refractivity contribution in [3.63, 3.8) is 0 Å². The van der Waals surface area contributed by atoms with Crippen LogP contribution in [0.15, 0.2) is 0 Å². The Morgan fingerprint density at radius 2 is 2.42 bits per heavy atom. The highest BCUT2D eigenvalue weighted by atomic mass is 32.2. The fourth-order valence-corrected chi connectivity index (χ4v) is 2.63. The molecule has 68 valence electrons. The van der Waals surface area contributed by atoms with Crippen molar-refractivity contribution in [1.29, 1.82) is 0 Å². The van der Waals surface area contributed by atoms with Crippen molar-refractivity contribution in [3.05, 3.63) is 0 Å². The van der Waals surface area contributed by atoms with Crippen molar-refractivity contribution in [1.82, 2.24) is 5.32 Å². The minimum Gasteiger partial charge on any atom is -0.305 e. The molecule has 1 fully saturated rings. The summed E-state index contributed by atoms with van der Waals surface area (Å²) in [6.07, 6.45) is 4.21. The number of rotatable bonds is 3. The van der Waals surface area contributed by atoms with E-state index < -0.39 is 0 Å². The third-order valence-electron chi connectivity index (χ3n) is 2.04. The van der Waals surface area contributed by atoms with Crippen molar-refractivity contribution in [3.8, 4) is 11.8 Å². The van der Waals surface area contributed by atoms with Gasteiger partial charge in [0.2, 0.25) is 0 Å². The minimum absolute atomic E-state index is 0.845. The van der Waals surface area contributed by atoms with E-state index in [0.29, 0.717) is 0 Å².